The normalized spacial score (nSPS) is 17.3. The molecule has 0 aliphatic carbocycles. The summed E-state index contributed by atoms with van der Waals surface area (Å²) in [5.41, 5.74) is 6.26. The molecule has 16 rings (SSSR count). The molecule has 698 valence electrons. The van der Waals surface area contributed by atoms with Gasteiger partial charge < -0.3 is 67.5 Å². The van der Waals surface area contributed by atoms with E-state index in [1.165, 1.54) is 48.0 Å². The molecule has 35 heteroatoms. The summed E-state index contributed by atoms with van der Waals surface area (Å²) in [7, 11) is 3.22. The van der Waals surface area contributed by atoms with Crippen molar-refractivity contribution in [2.45, 2.75) is 83.0 Å². The van der Waals surface area contributed by atoms with E-state index in [4.69, 9.17) is 65.8 Å². The van der Waals surface area contributed by atoms with Crippen LogP contribution in [-0.4, -0.2) is 234 Å². The number of amides is 9. The molecular weight excluding hydrogens is 1800 g/mol. The van der Waals surface area contributed by atoms with Gasteiger partial charge in [-0.2, -0.15) is 0 Å². The van der Waals surface area contributed by atoms with Crippen molar-refractivity contribution in [1.29, 1.82) is 0 Å². The largest absolute Gasteiger partial charge is 0.426 e. The smallest absolute Gasteiger partial charge is 0.415 e. The maximum absolute atomic E-state index is 14.5. The van der Waals surface area contributed by atoms with Gasteiger partial charge in [-0.3, -0.25) is 73.2 Å². The Bertz CT molecular complexity index is 6300. The molecule has 9 amide bonds. The van der Waals surface area contributed by atoms with Crippen LogP contribution >= 0.6 is 45.9 Å². The van der Waals surface area contributed by atoms with Crippen LogP contribution in [0.25, 0.3) is 43.1 Å². The quantitative estimate of drug-likeness (QED) is 0.00808. The van der Waals surface area contributed by atoms with Crippen molar-refractivity contribution in [1.82, 2.24) is 35.6 Å². The Kier molecular flexibility index (Phi) is 31.3. The second kappa shape index (κ2) is 43.7. The predicted molar refractivity (Wildman–Crippen MR) is 505 cm³/mol. The van der Waals surface area contributed by atoms with Gasteiger partial charge in [0.1, 0.15) is 23.0 Å². The summed E-state index contributed by atoms with van der Waals surface area (Å²) in [6.45, 7) is 10.6. The number of ether oxygens (including phenoxy) is 9. The Morgan fingerprint density at radius 2 is 0.776 bits per heavy atom. The number of hydrogen-bond donors (Lipinski definition) is 3. The lowest BCUT2D eigenvalue weighted by molar-refractivity contribution is -0.139. The predicted octanol–water partition coefficient (Wildman–Crippen LogP) is 14.2. The summed E-state index contributed by atoms with van der Waals surface area (Å²) in [5.74, 6) is -2.30. The Hall–Kier alpha value is -12.5. The molecule has 2 unspecified atom stereocenters. The van der Waals surface area contributed by atoms with Crippen molar-refractivity contribution in [3.05, 3.63) is 223 Å². The molecule has 0 fully saturated rings. The van der Waals surface area contributed by atoms with E-state index < -0.39 is 36.2 Å². The summed E-state index contributed by atoms with van der Waals surface area (Å²) in [5, 5.41) is 16.0. The van der Waals surface area contributed by atoms with Crippen LogP contribution < -0.4 is 44.7 Å². The fourth-order valence-electron chi connectivity index (χ4n) is 17.6. The molecule has 31 nitrogen and oxygen atoms in total. The van der Waals surface area contributed by atoms with E-state index in [-0.39, 0.29) is 205 Å². The highest BCUT2D eigenvalue weighted by molar-refractivity contribution is 7.16. The number of fused-ring (bicyclic) bond motifs is 12. The minimum absolute atomic E-state index is 0.115. The van der Waals surface area contributed by atoms with Crippen LogP contribution in [0.1, 0.15) is 155 Å². The van der Waals surface area contributed by atoms with E-state index in [1.54, 1.807) is 72.4 Å². The number of benzene rings is 8. The second-order valence-electron chi connectivity index (χ2n) is 32.5. The molecule has 6 atom stereocenters. The number of alkyl halides is 2. The molecule has 134 heavy (non-hydrogen) atoms. The Morgan fingerprint density at radius 1 is 0.425 bits per heavy atom. The van der Waals surface area contributed by atoms with Crippen molar-refractivity contribution in [3.63, 3.8) is 0 Å². The molecule has 2 aromatic heterocycles. The van der Waals surface area contributed by atoms with E-state index in [0.29, 0.717) is 72.8 Å². The Morgan fingerprint density at radius 3 is 1.17 bits per heavy atom. The van der Waals surface area contributed by atoms with Gasteiger partial charge >= 0.3 is 24.1 Å². The monoisotopic (exact) mass is 1900 g/mol. The molecule has 10 aromatic rings. The minimum Gasteiger partial charge on any atom is -0.426 e. The second-order valence-corrected chi connectivity index (χ2v) is 35.3. The van der Waals surface area contributed by atoms with Gasteiger partial charge in [0.25, 0.3) is 35.4 Å². The molecule has 0 spiro atoms. The average molecular weight is 1900 g/mol. The average Bonchev–Trinajstić information content (AvgIpc) is 1.59. The molecule has 0 saturated carbocycles. The number of anilines is 2. The van der Waals surface area contributed by atoms with E-state index >= 15 is 0 Å². The molecule has 6 aliphatic heterocycles. The topological polar surface area (TPSA) is 361 Å². The number of carbonyl (C=O) groups excluding carboxylic acids is 13. The van der Waals surface area contributed by atoms with Crippen LogP contribution in [0.3, 0.4) is 0 Å². The van der Waals surface area contributed by atoms with Gasteiger partial charge in [-0.1, -0.05) is 111 Å². The SMILES string of the molecule is CC[C@@H]1NC(C(=O)c2ccc(C(=O)N3C[C@@H](CCl)c4c3cc(OC(=O)N(C)CCN(C)C(=O)CCOCCOCCOCCN3C(=O)C=CC3=O)c3ccccc43)s2)c2cc(OC(C)=O)c3ccccc3c21.CC[C@@H]1NC(C(=O)c2ccc(C(=O)N3C[C@@H](CCl)c4c3cc(OC(=O)NCCOCCOCCN3C(=O)C=CC3=O)c3ccccc43)s2)c2cc(OC(C)=O)c3ccccc3c21. The summed E-state index contributed by atoms with van der Waals surface area (Å²) >= 11 is 15.3. The van der Waals surface area contributed by atoms with Crippen LogP contribution in [0.4, 0.5) is 21.0 Å². The van der Waals surface area contributed by atoms with Crippen LogP contribution in [0.5, 0.6) is 23.0 Å². The lowest BCUT2D eigenvalue weighted by atomic mass is 9.92. The van der Waals surface area contributed by atoms with Gasteiger partial charge in [0, 0.05) is 154 Å². The molecule has 8 aromatic carbocycles. The fourth-order valence-corrected chi connectivity index (χ4v) is 19.9. The van der Waals surface area contributed by atoms with Crippen molar-refractivity contribution < 1.29 is 105 Å². The van der Waals surface area contributed by atoms with Crippen LogP contribution in [0.15, 0.2) is 170 Å². The number of esters is 2. The zero-order valence-electron chi connectivity index (χ0n) is 74.4. The third-order valence-corrected chi connectivity index (χ3v) is 26.9. The number of nitrogens with one attached hydrogen (secondary N) is 3. The molecule has 8 heterocycles. The number of thiophene rings is 2. The molecule has 6 aliphatic rings. The van der Waals surface area contributed by atoms with Gasteiger partial charge in [-0.15, -0.1) is 45.9 Å². The van der Waals surface area contributed by atoms with Crippen LogP contribution in [-0.2, 0) is 57.2 Å². The highest BCUT2D eigenvalue weighted by Crippen LogP contribution is 2.51. The molecule has 0 bridgehead atoms. The highest BCUT2D eigenvalue weighted by Gasteiger charge is 2.43. The third kappa shape index (κ3) is 21.0. The van der Waals surface area contributed by atoms with Gasteiger partial charge in [-0.05, 0) is 104 Å². The number of rotatable bonds is 38. The number of likely N-dealkylation sites (N-methyl/N-ethyl adjacent to an activating group) is 2. The lowest BCUT2D eigenvalue weighted by Gasteiger charge is -2.23. The van der Waals surface area contributed by atoms with Gasteiger partial charge in [0.2, 0.25) is 5.91 Å². The first-order chi connectivity index (χ1) is 64.9. The van der Waals surface area contributed by atoms with Crippen LogP contribution in [0, 0.1) is 0 Å². The highest BCUT2D eigenvalue weighted by atomic mass is 35.5. The van der Waals surface area contributed by atoms with Crippen molar-refractivity contribution in [2.75, 3.05) is 148 Å². The van der Waals surface area contributed by atoms with Crippen molar-refractivity contribution >= 4 is 177 Å². The maximum Gasteiger partial charge on any atom is 0.415 e. The Labute approximate surface area is 789 Å². The van der Waals surface area contributed by atoms with Crippen molar-refractivity contribution in [3.8, 4) is 23.0 Å². The molecule has 3 N–H and O–H groups in total. The summed E-state index contributed by atoms with van der Waals surface area (Å²) in [4.78, 5) is 178. The summed E-state index contributed by atoms with van der Waals surface area (Å²) < 4.78 is 50.6. The van der Waals surface area contributed by atoms with Gasteiger partial charge in [0.15, 0.2) is 11.6 Å². The zero-order chi connectivity index (χ0) is 94.5. The van der Waals surface area contributed by atoms with Crippen LogP contribution in [0.2, 0.25) is 0 Å². The van der Waals surface area contributed by atoms with E-state index in [9.17, 15) is 62.3 Å². The van der Waals surface area contributed by atoms with Gasteiger partial charge in [0.05, 0.1) is 129 Å². The zero-order valence-corrected chi connectivity index (χ0v) is 77.6. The lowest BCUT2D eigenvalue weighted by Crippen LogP contribution is -2.38. The maximum atomic E-state index is 14.5. The number of hydrogen-bond acceptors (Lipinski definition) is 26. The van der Waals surface area contributed by atoms with Gasteiger partial charge in [-0.25, -0.2) is 9.59 Å². The molecule has 0 radical (unpaired) electrons. The fraction of sp³-hybridized carbons (Fsp3) is 0.343. The van der Waals surface area contributed by atoms with E-state index in [2.05, 4.69) is 16.0 Å². The first kappa shape index (κ1) is 96.1. The third-order valence-electron chi connectivity index (χ3n) is 24.0. The number of Topliss-reactive ketones (excluding diaryl/α,β-unsaturated/α-hetero) is 2. The summed E-state index contributed by atoms with van der Waals surface area (Å²) in [6, 6.07) is 42.2. The molecule has 0 saturated heterocycles. The number of carbonyl (C=O) groups is 13. The number of imide groups is 2. The number of nitrogens with zero attached hydrogens (tertiary/aromatic N) is 6. The van der Waals surface area contributed by atoms with E-state index in [1.807, 2.05) is 111 Å². The Balaban J connectivity index is 0.000000207. The number of ketones is 2. The summed E-state index contributed by atoms with van der Waals surface area (Å²) in [6.07, 6.45) is 5.09. The standard InChI is InChI=1S/C53H56ClN5O12S.C46H43ClN4O10S/c1-5-39-49-37-13-9-7-11-35(37)41(70-32(2)60)28-38(49)50(55-39)51(64)43-14-15-44(72-43)52(65)59-31-33(30-54)48-36-12-8-6-10-34(36)42(29-40(48)59)71-53(66)57(4)20-19-56(3)45(61)18-22-67-24-26-69-27-25-68-23-21-58-46(62)16-17-47(58)63;1-3-33-42-31-11-7-5-9-29(31)35(60-26(2)52)22-32(42)43(49-33)44(55)37-12-13-38(62-37)45(56)51-25-27(24-47)41-30-10-6-4-8-28(30)36(23-34(41)51)61-46(57)48-16-18-58-20-21-59-19-17-50-39(53)14-15-40(50)54/h6-17,28-29,33,39,50,55H,5,18-27,30-31H2,1-4H3;4-15,22-23,27,33,43,49H,3,16-21,24-25H2,1-2H3,(H,48,57)/t33-,39+,50?;27-,33+,43?/m11/s1. The first-order valence-electron chi connectivity index (χ1n) is 44.1. The van der Waals surface area contributed by atoms with Crippen molar-refractivity contribution in [2.24, 2.45) is 0 Å². The van der Waals surface area contributed by atoms with E-state index in [0.717, 1.165) is 105 Å². The minimum atomic E-state index is -0.738. The number of halogens is 2. The first-order valence-corrected chi connectivity index (χ1v) is 46.8. The molecular formula is C99H99Cl2N9O22S2.